The van der Waals surface area contributed by atoms with Crippen molar-refractivity contribution >= 4 is 23.4 Å². The molecule has 9 heteroatoms. The number of hydrogen-bond donors (Lipinski definition) is 0. The zero-order valence-corrected chi connectivity index (χ0v) is 16.8. The zero-order chi connectivity index (χ0) is 19.1. The fourth-order valence-corrected chi connectivity index (χ4v) is 3.18. The van der Waals surface area contributed by atoms with Gasteiger partial charge in [0, 0.05) is 38.2 Å². The maximum absolute atomic E-state index is 12.7. The standard InChI is InChI=1S/C17H22ClN3O4S/c1-5-26-16-19-14(8-9-15(24-3)25-4)21(17(22)20-16)12-7-6-11(18)10-13(12)23-2/h6-7,10,15H,5,8-9H2,1-4H3. The molecule has 142 valence electrons. The average molecular weight is 400 g/mol. The lowest BCUT2D eigenvalue weighted by Crippen LogP contribution is -2.28. The van der Waals surface area contributed by atoms with Gasteiger partial charge < -0.3 is 14.2 Å². The topological polar surface area (TPSA) is 75.5 Å². The number of hydrogen-bond acceptors (Lipinski definition) is 7. The zero-order valence-electron chi connectivity index (χ0n) is 15.2. The van der Waals surface area contributed by atoms with Crippen LogP contribution in [0.5, 0.6) is 5.75 Å². The van der Waals surface area contributed by atoms with Crippen LogP contribution in [0.15, 0.2) is 28.2 Å². The van der Waals surface area contributed by atoms with Crippen LogP contribution in [0.1, 0.15) is 19.2 Å². The summed E-state index contributed by atoms with van der Waals surface area (Å²) in [6, 6.07) is 5.05. The van der Waals surface area contributed by atoms with Gasteiger partial charge in [0.2, 0.25) is 0 Å². The third-order valence-electron chi connectivity index (χ3n) is 3.65. The van der Waals surface area contributed by atoms with E-state index in [1.54, 1.807) is 32.4 Å². The van der Waals surface area contributed by atoms with Gasteiger partial charge in [-0.05, 0) is 17.9 Å². The molecule has 0 amide bonds. The lowest BCUT2D eigenvalue weighted by Gasteiger charge is -2.17. The van der Waals surface area contributed by atoms with Crippen LogP contribution in [-0.2, 0) is 15.9 Å². The quantitative estimate of drug-likeness (QED) is 0.474. The van der Waals surface area contributed by atoms with E-state index in [9.17, 15) is 4.79 Å². The van der Waals surface area contributed by atoms with E-state index in [4.69, 9.17) is 25.8 Å². The molecule has 0 saturated carbocycles. The summed E-state index contributed by atoms with van der Waals surface area (Å²) in [5.74, 6) is 1.79. The number of thioether (sulfide) groups is 1. The predicted molar refractivity (Wildman–Crippen MR) is 102 cm³/mol. The summed E-state index contributed by atoms with van der Waals surface area (Å²) < 4.78 is 17.3. The van der Waals surface area contributed by atoms with Crippen molar-refractivity contribution in [1.82, 2.24) is 14.5 Å². The summed E-state index contributed by atoms with van der Waals surface area (Å²) in [5.41, 5.74) is 0.120. The van der Waals surface area contributed by atoms with Crippen LogP contribution in [-0.4, -0.2) is 47.9 Å². The van der Waals surface area contributed by atoms with Crippen molar-refractivity contribution in [1.29, 1.82) is 0 Å². The van der Waals surface area contributed by atoms with Gasteiger partial charge in [-0.2, -0.15) is 4.98 Å². The van der Waals surface area contributed by atoms with Gasteiger partial charge in [-0.1, -0.05) is 30.3 Å². The minimum absolute atomic E-state index is 0.386. The molecule has 2 rings (SSSR count). The molecule has 0 atom stereocenters. The van der Waals surface area contributed by atoms with E-state index in [2.05, 4.69) is 9.97 Å². The Morgan fingerprint density at radius 1 is 1.23 bits per heavy atom. The Labute approximate surface area is 161 Å². The number of aromatic nitrogens is 3. The molecular weight excluding hydrogens is 378 g/mol. The highest BCUT2D eigenvalue weighted by molar-refractivity contribution is 7.99. The van der Waals surface area contributed by atoms with Gasteiger partial charge in [-0.25, -0.2) is 14.3 Å². The lowest BCUT2D eigenvalue weighted by atomic mass is 10.2. The van der Waals surface area contributed by atoms with E-state index in [1.165, 1.54) is 23.4 Å². The Morgan fingerprint density at radius 2 is 1.96 bits per heavy atom. The van der Waals surface area contributed by atoms with E-state index >= 15 is 0 Å². The Hall–Kier alpha value is -1.61. The van der Waals surface area contributed by atoms with Gasteiger partial charge in [-0.15, -0.1) is 0 Å². The Morgan fingerprint density at radius 3 is 2.58 bits per heavy atom. The van der Waals surface area contributed by atoms with Gasteiger partial charge in [0.15, 0.2) is 11.4 Å². The Balaban J connectivity index is 2.54. The van der Waals surface area contributed by atoms with Crippen LogP contribution in [0.25, 0.3) is 5.69 Å². The molecule has 1 heterocycles. The molecule has 1 aromatic carbocycles. The molecule has 0 fully saturated rings. The maximum Gasteiger partial charge on any atom is 0.356 e. The Bertz CT molecular complexity index is 796. The Kier molecular flexibility index (Phi) is 7.89. The van der Waals surface area contributed by atoms with Crippen LogP contribution >= 0.6 is 23.4 Å². The molecule has 0 radical (unpaired) electrons. The number of benzene rings is 1. The number of halogens is 1. The first-order chi connectivity index (χ1) is 12.5. The molecule has 2 aromatic rings. The first-order valence-corrected chi connectivity index (χ1v) is 9.42. The molecule has 0 aliphatic carbocycles. The second-order valence-electron chi connectivity index (χ2n) is 5.23. The van der Waals surface area contributed by atoms with Crippen molar-refractivity contribution in [3.05, 3.63) is 39.5 Å². The van der Waals surface area contributed by atoms with Crippen molar-refractivity contribution in [3.8, 4) is 11.4 Å². The van der Waals surface area contributed by atoms with Crippen LogP contribution < -0.4 is 10.4 Å². The van der Waals surface area contributed by atoms with E-state index in [-0.39, 0.29) is 6.29 Å². The largest absolute Gasteiger partial charge is 0.495 e. The lowest BCUT2D eigenvalue weighted by molar-refractivity contribution is -0.106. The number of aryl methyl sites for hydroxylation is 1. The van der Waals surface area contributed by atoms with E-state index in [0.29, 0.717) is 40.3 Å². The van der Waals surface area contributed by atoms with E-state index < -0.39 is 5.69 Å². The van der Waals surface area contributed by atoms with Gasteiger partial charge in [0.25, 0.3) is 0 Å². The number of ether oxygens (including phenoxy) is 3. The highest BCUT2D eigenvalue weighted by atomic mass is 35.5. The molecule has 0 unspecified atom stereocenters. The van der Waals surface area contributed by atoms with E-state index in [0.717, 1.165) is 5.75 Å². The smallest absolute Gasteiger partial charge is 0.356 e. The van der Waals surface area contributed by atoms with Crippen LogP contribution in [0.3, 0.4) is 0 Å². The van der Waals surface area contributed by atoms with Crippen LogP contribution in [0.4, 0.5) is 0 Å². The summed E-state index contributed by atoms with van der Waals surface area (Å²) in [5, 5.41) is 0.959. The highest BCUT2D eigenvalue weighted by Gasteiger charge is 2.17. The third-order valence-corrected chi connectivity index (χ3v) is 4.62. The molecule has 7 nitrogen and oxygen atoms in total. The highest BCUT2D eigenvalue weighted by Crippen LogP contribution is 2.27. The minimum atomic E-state index is -0.419. The molecular formula is C17H22ClN3O4S. The third kappa shape index (κ3) is 4.97. The monoisotopic (exact) mass is 399 g/mol. The summed E-state index contributed by atoms with van der Waals surface area (Å²) in [6.07, 6.45) is 0.617. The normalized spacial score (nSPS) is 11.2. The fraction of sp³-hybridized carbons (Fsp3) is 0.471. The summed E-state index contributed by atoms with van der Waals surface area (Å²) >= 11 is 7.45. The van der Waals surface area contributed by atoms with Crippen molar-refractivity contribution in [2.45, 2.75) is 31.2 Å². The average Bonchev–Trinajstić information content (AvgIpc) is 2.63. The molecule has 0 bridgehead atoms. The fourth-order valence-electron chi connectivity index (χ4n) is 2.45. The van der Waals surface area contributed by atoms with Crippen molar-refractivity contribution < 1.29 is 14.2 Å². The van der Waals surface area contributed by atoms with E-state index in [1.807, 2.05) is 6.92 Å². The molecule has 0 spiro atoms. The molecule has 26 heavy (non-hydrogen) atoms. The van der Waals surface area contributed by atoms with Crippen LogP contribution in [0.2, 0.25) is 5.02 Å². The SMILES string of the molecule is CCSc1nc(CCC(OC)OC)n(-c2ccc(Cl)cc2OC)c(=O)n1. The summed E-state index contributed by atoms with van der Waals surface area (Å²) in [7, 11) is 4.66. The number of nitrogens with zero attached hydrogens (tertiary/aromatic N) is 3. The van der Waals surface area contributed by atoms with Crippen LogP contribution in [0, 0.1) is 0 Å². The number of methoxy groups -OCH3 is 3. The second kappa shape index (κ2) is 9.91. The molecule has 1 aromatic heterocycles. The molecule has 0 aliphatic heterocycles. The predicted octanol–water partition coefficient (Wildman–Crippen LogP) is 2.95. The van der Waals surface area contributed by atoms with Crippen molar-refractivity contribution in [2.24, 2.45) is 0 Å². The number of rotatable bonds is 9. The van der Waals surface area contributed by atoms with Gasteiger partial charge in [-0.3, -0.25) is 0 Å². The van der Waals surface area contributed by atoms with Crippen molar-refractivity contribution in [2.75, 3.05) is 27.1 Å². The first-order valence-electron chi connectivity index (χ1n) is 8.06. The second-order valence-corrected chi connectivity index (χ2v) is 6.90. The summed E-state index contributed by atoms with van der Waals surface area (Å²) in [4.78, 5) is 21.3. The van der Waals surface area contributed by atoms with Gasteiger partial charge in [0.05, 0.1) is 12.8 Å². The molecule has 0 aliphatic rings. The maximum atomic E-state index is 12.7. The molecule has 0 N–H and O–H groups in total. The first kappa shape index (κ1) is 20.7. The van der Waals surface area contributed by atoms with Gasteiger partial charge in [0.1, 0.15) is 11.6 Å². The summed E-state index contributed by atoms with van der Waals surface area (Å²) in [6.45, 7) is 1.98. The van der Waals surface area contributed by atoms with Gasteiger partial charge >= 0.3 is 5.69 Å². The van der Waals surface area contributed by atoms with Crippen molar-refractivity contribution in [3.63, 3.8) is 0 Å². The molecule has 0 saturated heterocycles. The minimum Gasteiger partial charge on any atom is -0.495 e.